The van der Waals surface area contributed by atoms with Crippen LogP contribution in [-0.2, 0) is 13.1 Å². The minimum atomic E-state index is -0.191. The third-order valence-corrected chi connectivity index (χ3v) is 7.82. The van der Waals surface area contributed by atoms with E-state index < -0.39 is 0 Å². The highest BCUT2D eigenvalue weighted by Crippen LogP contribution is 2.29. The van der Waals surface area contributed by atoms with Gasteiger partial charge in [-0.05, 0) is 56.3 Å². The quantitative estimate of drug-likeness (QED) is 0.389. The molecule has 3 heterocycles. The normalized spacial score (nSPS) is 20.8. The van der Waals surface area contributed by atoms with E-state index in [4.69, 9.17) is 9.97 Å². The minimum absolute atomic E-state index is 0.191. The Morgan fingerprint density at radius 1 is 0.868 bits per heavy atom. The Hall–Kier alpha value is -3.07. The van der Waals surface area contributed by atoms with Gasteiger partial charge in [0.2, 0.25) is 5.95 Å². The lowest BCUT2D eigenvalue weighted by molar-refractivity contribution is 0.126. The second kappa shape index (κ2) is 12.7. The van der Waals surface area contributed by atoms with Gasteiger partial charge < -0.3 is 20.6 Å². The first-order valence-corrected chi connectivity index (χ1v) is 14.1. The number of hydrogen-bond donors (Lipinski definition) is 3. The molecule has 8 heteroatoms. The highest BCUT2D eigenvalue weighted by molar-refractivity contribution is 5.73. The van der Waals surface area contributed by atoms with E-state index in [2.05, 4.69) is 75.7 Å². The van der Waals surface area contributed by atoms with Gasteiger partial charge in [0.05, 0.1) is 17.4 Å². The molecule has 0 radical (unpaired) electrons. The number of pyridine rings is 1. The molecule has 0 unspecified atom stereocenters. The van der Waals surface area contributed by atoms with Crippen LogP contribution in [0.5, 0.6) is 0 Å². The summed E-state index contributed by atoms with van der Waals surface area (Å²) in [6.07, 6.45) is 7.15. The van der Waals surface area contributed by atoms with Crippen LogP contribution in [0.1, 0.15) is 49.3 Å². The third kappa shape index (κ3) is 7.07. The van der Waals surface area contributed by atoms with Crippen molar-refractivity contribution in [1.82, 2.24) is 24.8 Å². The predicted molar refractivity (Wildman–Crippen MR) is 153 cm³/mol. The zero-order valence-corrected chi connectivity index (χ0v) is 22.7. The molecule has 0 amide bonds. The molecule has 0 atom stereocenters. The van der Waals surface area contributed by atoms with E-state index in [1.807, 2.05) is 12.4 Å². The van der Waals surface area contributed by atoms with Crippen molar-refractivity contribution in [2.75, 3.05) is 43.4 Å². The van der Waals surface area contributed by atoms with Crippen LogP contribution in [-0.4, -0.2) is 74.7 Å². The lowest BCUT2D eigenvalue weighted by Gasteiger charge is -2.33. The lowest BCUT2D eigenvalue weighted by atomic mass is 9.93. The summed E-state index contributed by atoms with van der Waals surface area (Å²) in [5.41, 5.74) is 5.43. The minimum Gasteiger partial charge on any atom is -0.393 e. The highest BCUT2D eigenvalue weighted by Gasteiger charge is 2.22. The molecule has 1 aliphatic heterocycles. The van der Waals surface area contributed by atoms with Gasteiger partial charge in [-0.15, -0.1) is 0 Å². The SMILES string of the molecule is CCN1CCN(Cc2ccc(-c3cnc(NCc4ccc(C)cc4)nc3NC3CCC(O)CC3)nc2)CC1. The average molecular weight is 516 g/mol. The van der Waals surface area contributed by atoms with Crippen LogP contribution in [0, 0.1) is 6.92 Å². The summed E-state index contributed by atoms with van der Waals surface area (Å²) < 4.78 is 0. The topological polar surface area (TPSA) is 89.4 Å². The maximum absolute atomic E-state index is 9.95. The zero-order valence-electron chi connectivity index (χ0n) is 22.7. The monoisotopic (exact) mass is 515 g/mol. The first kappa shape index (κ1) is 26.5. The van der Waals surface area contributed by atoms with Crippen LogP contribution in [0.4, 0.5) is 11.8 Å². The van der Waals surface area contributed by atoms with Gasteiger partial charge in [-0.1, -0.05) is 42.8 Å². The standard InChI is InChI=1S/C30H41N7O/c1-3-36-14-16-37(17-15-36)21-24-8-13-28(31-19-24)27-20-33-30(32-18-23-6-4-22(2)5-7-23)35-29(27)34-25-9-11-26(38)12-10-25/h4-8,13,19-20,25-26,38H,3,9-12,14-18,21H2,1-2H3,(H2,32,33,34,35). The fraction of sp³-hybridized carbons (Fsp3) is 0.500. The first-order chi connectivity index (χ1) is 18.6. The van der Waals surface area contributed by atoms with Crippen molar-refractivity contribution in [2.45, 2.75) is 64.8 Å². The van der Waals surface area contributed by atoms with Crippen LogP contribution in [0.15, 0.2) is 48.8 Å². The number of aryl methyl sites for hydroxylation is 1. The van der Waals surface area contributed by atoms with Gasteiger partial charge in [-0.3, -0.25) is 9.88 Å². The molecule has 1 saturated heterocycles. The van der Waals surface area contributed by atoms with Crippen LogP contribution < -0.4 is 10.6 Å². The molecule has 0 bridgehead atoms. The predicted octanol–water partition coefficient (Wildman–Crippen LogP) is 4.31. The summed E-state index contributed by atoms with van der Waals surface area (Å²) in [5.74, 6) is 1.39. The summed E-state index contributed by atoms with van der Waals surface area (Å²) >= 11 is 0. The van der Waals surface area contributed by atoms with Crippen LogP contribution in [0.25, 0.3) is 11.3 Å². The summed E-state index contributed by atoms with van der Waals surface area (Å²) in [4.78, 5) is 19.3. The number of likely N-dealkylation sites (N-methyl/N-ethyl adjacent to an activating group) is 1. The first-order valence-electron chi connectivity index (χ1n) is 14.1. The summed E-state index contributed by atoms with van der Waals surface area (Å²) in [5, 5.41) is 17.0. The van der Waals surface area contributed by atoms with E-state index in [1.165, 1.54) is 16.7 Å². The lowest BCUT2D eigenvalue weighted by Crippen LogP contribution is -2.45. The van der Waals surface area contributed by atoms with E-state index >= 15 is 0 Å². The molecule has 5 rings (SSSR count). The Morgan fingerprint density at radius 2 is 1.58 bits per heavy atom. The molecule has 1 saturated carbocycles. The number of nitrogens with zero attached hydrogens (tertiary/aromatic N) is 5. The number of aliphatic hydroxyl groups excluding tert-OH is 1. The molecule has 2 aromatic heterocycles. The molecule has 0 spiro atoms. The smallest absolute Gasteiger partial charge is 0.224 e. The van der Waals surface area contributed by atoms with Crippen molar-refractivity contribution >= 4 is 11.8 Å². The van der Waals surface area contributed by atoms with Gasteiger partial charge in [-0.2, -0.15) is 4.98 Å². The van der Waals surface area contributed by atoms with E-state index in [-0.39, 0.29) is 12.1 Å². The average Bonchev–Trinajstić information content (AvgIpc) is 2.95. The summed E-state index contributed by atoms with van der Waals surface area (Å²) in [7, 11) is 0. The molecule has 202 valence electrons. The van der Waals surface area contributed by atoms with Gasteiger partial charge in [0.1, 0.15) is 5.82 Å². The molecular weight excluding hydrogens is 474 g/mol. The van der Waals surface area contributed by atoms with Crippen molar-refractivity contribution < 1.29 is 5.11 Å². The number of aliphatic hydroxyl groups is 1. The van der Waals surface area contributed by atoms with Gasteiger partial charge in [0.25, 0.3) is 0 Å². The Kier molecular flexibility index (Phi) is 8.83. The number of nitrogens with one attached hydrogen (secondary N) is 2. The molecule has 3 N–H and O–H groups in total. The Balaban J connectivity index is 1.30. The molecule has 1 aliphatic carbocycles. The van der Waals surface area contributed by atoms with Crippen molar-refractivity contribution in [3.63, 3.8) is 0 Å². The third-order valence-electron chi connectivity index (χ3n) is 7.82. The maximum atomic E-state index is 9.95. The molecule has 8 nitrogen and oxygen atoms in total. The van der Waals surface area contributed by atoms with Gasteiger partial charge in [0.15, 0.2) is 0 Å². The molecule has 3 aromatic rings. The zero-order chi connectivity index (χ0) is 26.3. The summed E-state index contributed by atoms with van der Waals surface area (Å²) in [6, 6.07) is 13.0. The molecular formula is C30H41N7O. The van der Waals surface area contributed by atoms with Gasteiger partial charge >= 0.3 is 0 Å². The number of rotatable bonds is 9. The van der Waals surface area contributed by atoms with Gasteiger partial charge in [-0.25, -0.2) is 4.98 Å². The number of piperazine rings is 1. The highest BCUT2D eigenvalue weighted by atomic mass is 16.3. The summed E-state index contributed by atoms with van der Waals surface area (Å²) in [6.45, 7) is 11.5. The van der Waals surface area contributed by atoms with E-state index in [1.54, 1.807) is 0 Å². The molecule has 2 aliphatic rings. The Bertz CT molecular complexity index is 1150. The molecule has 1 aromatic carbocycles. The molecule has 2 fully saturated rings. The maximum Gasteiger partial charge on any atom is 0.224 e. The van der Waals surface area contributed by atoms with E-state index in [0.29, 0.717) is 12.5 Å². The van der Waals surface area contributed by atoms with E-state index in [9.17, 15) is 5.11 Å². The molecule has 38 heavy (non-hydrogen) atoms. The van der Waals surface area contributed by atoms with Crippen LogP contribution >= 0.6 is 0 Å². The van der Waals surface area contributed by atoms with Crippen molar-refractivity contribution in [2.24, 2.45) is 0 Å². The number of hydrogen-bond acceptors (Lipinski definition) is 8. The van der Waals surface area contributed by atoms with Gasteiger partial charge in [0, 0.05) is 57.7 Å². The van der Waals surface area contributed by atoms with E-state index in [0.717, 1.165) is 82.0 Å². The van der Waals surface area contributed by atoms with Crippen LogP contribution in [0.2, 0.25) is 0 Å². The van der Waals surface area contributed by atoms with Crippen molar-refractivity contribution in [3.05, 3.63) is 65.5 Å². The van der Waals surface area contributed by atoms with Crippen molar-refractivity contribution in [1.29, 1.82) is 0 Å². The number of aromatic nitrogens is 3. The number of anilines is 2. The number of benzene rings is 1. The second-order valence-electron chi connectivity index (χ2n) is 10.7. The largest absolute Gasteiger partial charge is 0.393 e. The Morgan fingerprint density at radius 3 is 2.26 bits per heavy atom. The van der Waals surface area contributed by atoms with Crippen molar-refractivity contribution in [3.8, 4) is 11.3 Å². The fourth-order valence-electron chi connectivity index (χ4n) is 5.26. The fourth-order valence-corrected chi connectivity index (χ4v) is 5.26. The second-order valence-corrected chi connectivity index (χ2v) is 10.7. The van der Waals surface area contributed by atoms with Crippen LogP contribution in [0.3, 0.4) is 0 Å². The Labute approximate surface area is 226 Å².